The SMILES string of the molecule is COC(=O)C(C)C(C)NC(C)C1CCCCC1. The number of ether oxygens (including phenoxy) is 1. The van der Waals surface area contributed by atoms with Gasteiger partial charge in [-0.25, -0.2) is 0 Å². The van der Waals surface area contributed by atoms with E-state index in [1.165, 1.54) is 39.2 Å². The second-order valence-corrected chi connectivity index (χ2v) is 5.45. The first-order valence-corrected chi connectivity index (χ1v) is 6.90. The van der Waals surface area contributed by atoms with E-state index in [2.05, 4.69) is 19.2 Å². The molecule has 0 aromatic heterocycles. The number of nitrogens with one attached hydrogen (secondary N) is 1. The summed E-state index contributed by atoms with van der Waals surface area (Å²) in [5, 5.41) is 3.56. The van der Waals surface area contributed by atoms with Crippen LogP contribution in [0.5, 0.6) is 0 Å². The van der Waals surface area contributed by atoms with Gasteiger partial charge in [-0.15, -0.1) is 0 Å². The minimum absolute atomic E-state index is 0.0777. The second kappa shape index (κ2) is 7.00. The quantitative estimate of drug-likeness (QED) is 0.752. The van der Waals surface area contributed by atoms with Gasteiger partial charge in [0.25, 0.3) is 0 Å². The zero-order valence-corrected chi connectivity index (χ0v) is 11.7. The number of carbonyl (C=O) groups excluding carboxylic acids is 1. The zero-order valence-electron chi connectivity index (χ0n) is 11.7. The summed E-state index contributed by atoms with van der Waals surface area (Å²) < 4.78 is 4.78. The normalized spacial score (nSPS) is 22.8. The van der Waals surface area contributed by atoms with E-state index < -0.39 is 0 Å². The Morgan fingerprint density at radius 1 is 1.18 bits per heavy atom. The lowest BCUT2D eigenvalue weighted by atomic mass is 9.84. The summed E-state index contributed by atoms with van der Waals surface area (Å²) in [6, 6.07) is 0.678. The molecule has 0 heterocycles. The van der Waals surface area contributed by atoms with Crippen LogP contribution in [0, 0.1) is 11.8 Å². The van der Waals surface area contributed by atoms with Crippen molar-refractivity contribution < 1.29 is 9.53 Å². The Kier molecular flexibility index (Phi) is 5.96. The summed E-state index contributed by atoms with van der Waals surface area (Å²) >= 11 is 0. The van der Waals surface area contributed by atoms with Crippen LogP contribution in [0.2, 0.25) is 0 Å². The molecule has 0 aromatic rings. The molecule has 0 amide bonds. The van der Waals surface area contributed by atoms with Gasteiger partial charge in [-0.1, -0.05) is 26.2 Å². The molecule has 17 heavy (non-hydrogen) atoms. The molecule has 3 atom stereocenters. The molecule has 1 N–H and O–H groups in total. The van der Waals surface area contributed by atoms with Gasteiger partial charge in [0.2, 0.25) is 0 Å². The number of esters is 1. The number of hydrogen-bond donors (Lipinski definition) is 1. The minimum atomic E-state index is -0.124. The fraction of sp³-hybridized carbons (Fsp3) is 0.929. The van der Waals surface area contributed by atoms with Gasteiger partial charge in [0, 0.05) is 12.1 Å². The van der Waals surface area contributed by atoms with E-state index in [-0.39, 0.29) is 17.9 Å². The Morgan fingerprint density at radius 2 is 1.76 bits per heavy atom. The summed E-state index contributed by atoms with van der Waals surface area (Å²) in [6.07, 6.45) is 6.76. The predicted molar refractivity (Wildman–Crippen MR) is 69.8 cm³/mol. The van der Waals surface area contributed by atoms with Gasteiger partial charge in [0.1, 0.15) is 0 Å². The van der Waals surface area contributed by atoms with E-state index in [1.54, 1.807) is 0 Å². The van der Waals surface area contributed by atoms with Gasteiger partial charge in [0.05, 0.1) is 13.0 Å². The monoisotopic (exact) mass is 241 g/mol. The molecule has 0 saturated heterocycles. The molecule has 1 aliphatic carbocycles. The van der Waals surface area contributed by atoms with E-state index >= 15 is 0 Å². The summed E-state index contributed by atoms with van der Waals surface area (Å²) in [4.78, 5) is 11.4. The summed E-state index contributed by atoms with van der Waals surface area (Å²) in [5.41, 5.74) is 0. The Labute approximate surface area is 105 Å². The van der Waals surface area contributed by atoms with Crippen molar-refractivity contribution in [3.8, 4) is 0 Å². The van der Waals surface area contributed by atoms with Gasteiger partial charge in [0.15, 0.2) is 0 Å². The Balaban J connectivity index is 2.38. The topological polar surface area (TPSA) is 38.3 Å². The molecule has 1 saturated carbocycles. The standard InChI is InChI=1S/C14H27NO2/c1-10(14(16)17-4)11(2)15-12(3)13-8-6-5-7-9-13/h10-13,15H,5-9H2,1-4H3. The van der Waals surface area contributed by atoms with Crippen LogP contribution in [0.15, 0.2) is 0 Å². The number of hydrogen-bond acceptors (Lipinski definition) is 3. The van der Waals surface area contributed by atoms with Crippen molar-refractivity contribution in [1.29, 1.82) is 0 Å². The lowest BCUT2D eigenvalue weighted by molar-refractivity contribution is -0.145. The molecule has 3 nitrogen and oxygen atoms in total. The van der Waals surface area contributed by atoms with Crippen LogP contribution in [-0.2, 0) is 9.53 Å². The van der Waals surface area contributed by atoms with Crippen molar-refractivity contribution in [3.63, 3.8) is 0 Å². The lowest BCUT2D eigenvalue weighted by Gasteiger charge is -2.32. The predicted octanol–water partition coefficient (Wildman–Crippen LogP) is 2.74. The first-order chi connectivity index (χ1) is 8.06. The first kappa shape index (κ1) is 14.5. The minimum Gasteiger partial charge on any atom is -0.469 e. The molecular formula is C14H27NO2. The van der Waals surface area contributed by atoms with Crippen LogP contribution in [0.25, 0.3) is 0 Å². The van der Waals surface area contributed by atoms with E-state index in [0.717, 1.165) is 5.92 Å². The van der Waals surface area contributed by atoms with Crippen LogP contribution in [0.1, 0.15) is 52.9 Å². The summed E-state index contributed by atoms with van der Waals surface area (Å²) in [7, 11) is 1.45. The van der Waals surface area contributed by atoms with Gasteiger partial charge < -0.3 is 10.1 Å². The van der Waals surface area contributed by atoms with Crippen LogP contribution >= 0.6 is 0 Å². The molecule has 1 fully saturated rings. The summed E-state index contributed by atoms with van der Waals surface area (Å²) in [5.74, 6) is 0.572. The van der Waals surface area contributed by atoms with Crippen molar-refractivity contribution in [2.45, 2.75) is 65.0 Å². The molecule has 3 unspecified atom stereocenters. The Morgan fingerprint density at radius 3 is 2.29 bits per heavy atom. The van der Waals surface area contributed by atoms with Crippen LogP contribution in [-0.4, -0.2) is 25.2 Å². The fourth-order valence-electron chi connectivity index (χ4n) is 2.72. The van der Waals surface area contributed by atoms with E-state index in [9.17, 15) is 4.79 Å². The maximum atomic E-state index is 11.4. The van der Waals surface area contributed by atoms with Gasteiger partial charge >= 0.3 is 5.97 Å². The van der Waals surface area contributed by atoms with Crippen molar-refractivity contribution in [3.05, 3.63) is 0 Å². The summed E-state index contributed by atoms with van der Waals surface area (Å²) in [6.45, 7) is 6.24. The maximum Gasteiger partial charge on any atom is 0.309 e. The molecule has 1 aliphatic rings. The average molecular weight is 241 g/mol. The van der Waals surface area contributed by atoms with Gasteiger partial charge in [-0.3, -0.25) is 4.79 Å². The number of methoxy groups -OCH3 is 1. The van der Waals surface area contributed by atoms with E-state index in [0.29, 0.717) is 6.04 Å². The molecule has 0 spiro atoms. The first-order valence-electron chi connectivity index (χ1n) is 6.90. The van der Waals surface area contributed by atoms with Crippen LogP contribution in [0.3, 0.4) is 0 Å². The number of carbonyl (C=O) groups is 1. The highest BCUT2D eigenvalue weighted by atomic mass is 16.5. The molecule has 0 radical (unpaired) electrons. The second-order valence-electron chi connectivity index (χ2n) is 5.45. The van der Waals surface area contributed by atoms with E-state index in [1.807, 2.05) is 6.92 Å². The molecule has 0 aliphatic heterocycles. The lowest BCUT2D eigenvalue weighted by Crippen LogP contribution is -2.45. The molecule has 0 bridgehead atoms. The van der Waals surface area contributed by atoms with Crippen molar-refractivity contribution in [2.75, 3.05) is 7.11 Å². The zero-order chi connectivity index (χ0) is 12.8. The third-order valence-corrected chi connectivity index (χ3v) is 4.21. The third kappa shape index (κ3) is 4.30. The van der Waals surface area contributed by atoms with Crippen LogP contribution in [0.4, 0.5) is 0 Å². The molecule has 0 aromatic carbocycles. The largest absolute Gasteiger partial charge is 0.469 e. The molecular weight excluding hydrogens is 214 g/mol. The number of rotatable bonds is 5. The van der Waals surface area contributed by atoms with Crippen molar-refractivity contribution >= 4 is 5.97 Å². The highest BCUT2D eigenvalue weighted by molar-refractivity contribution is 5.72. The van der Waals surface area contributed by atoms with Crippen molar-refractivity contribution in [2.24, 2.45) is 11.8 Å². The van der Waals surface area contributed by atoms with Crippen molar-refractivity contribution in [1.82, 2.24) is 5.32 Å². The Hall–Kier alpha value is -0.570. The fourth-order valence-corrected chi connectivity index (χ4v) is 2.72. The Bertz CT molecular complexity index is 236. The van der Waals surface area contributed by atoms with Gasteiger partial charge in [-0.2, -0.15) is 0 Å². The molecule has 100 valence electrons. The average Bonchev–Trinajstić information content (AvgIpc) is 2.37. The maximum absolute atomic E-state index is 11.4. The smallest absolute Gasteiger partial charge is 0.309 e. The van der Waals surface area contributed by atoms with Crippen LogP contribution < -0.4 is 5.32 Å². The molecule has 1 rings (SSSR count). The molecule has 3 heteroatoms. The van der Waals surface area contributed by atoms with E-state index in [4.69, 9.17) is 4.74 Å². The third-order valence-electron chi connectivity index (χ3n) is 4.21. The highest BCUT2D eigenvalue weighted by Gasteiger charge is 2.25. The van der Waals surface area contributed by atoms with Gasteiger partial charge in [-0.05, 0) is 32.6 Å². The highest BCUT2D eigenvalue weighted by Crippen LogP contribution is 2.26.